The van der Waals surface area contributed by atoms with Crippen LogP contribution >= 0.6 is 11.3 Å². The smallest absolute Gasteiger partial charge is 0.407 e. The Labute approximate surface area is 141 Å². The number of nitrogens with one attached hydrogen (secondary N) is 1. The second kappa shape index (κ2) is 8.39. The van der Waals surface area contributed by atoms with Gasteiger partial charge in [-0.15, -0.1) is 11.3 Å². The van der Waals surface area contributed by atoms with Gasteiger partial charge >= 0.3 is 12.1 Å². The fourth-order valence-electron chi connectivity index (χ4n) is 1.79. The van der Waals surface area contributed by atoms with Gasteiger partial charge in [0.1, 0.15) is 18.8 Å². The molecule has 8 nitrogen and oxygen atoms in total. The van der Waals surface area contributed by atoms with Crippen LogP contribution in [0.25, 0.3) is 0 Å². The second-order valence-corrected chi connectivity index (χ2v) is 5.70. The van der Waals surface area contributed by atoms with Gasteiger partial charge in [0.05, 0.1) is 5.69 Å². The molecule has 24 heavy (non-hydrogen) atoms. The largest absolute Gasteiger partial charge is 0.476 e. The Morgan fingerprint density at radius 2 is 1.96 bits per heavy atom. The SMILES string of the molecule is O=C(NCC(O)C(O)c1csc(C(=O)O)n1)OCc1ccccc1. The second-order valence-electron chi connectivity index (χ2n) is 4.84. The first-order valence-electron chi connectivity index (χ1n) is 6.96. The maximum atomic E-state index is 11.6. The summed E-state index contributed by atoms with van der Waals surface area (Å²) in [5.41, 5.74) is 0.848. The van der Waals surface area contributed by atoms with Crippen LogP contribution in [0.2, 0.25) is 0 Å². The standard InChI is InChI=1S/C15H16N2O6S/c18-11(12(19)10-8-24-13(17-10)14(20)21)6-16-15(22)23-7-9-4-2-1-3-5-9/h1-5,8,11-12,18-19H,6-7H2,(H,16,22)(H,20,21). The molecule has 0 radical (unpaired) electrons. The summed E-state index contributed by atoms with van der Waals surface area (Å²) in [6, 6.07) is 9.07. The lowest BCUT2D eigenvalue weighted by molar-refractivity contribution is 0.0161. The number of aromatic carboxylic acids is 1. The number of alkyl carbamates (subject to hydrolysis) is 1. The van der Waals surface area contributed by atoms with E-state index in [0.29, 0.717) is 0 Å². The number of ether oxygens (including phenoxy) is 1. The number of benzene rings is 1. The average molecular weight is 352 g/mol. The van der Waals surface area contributed by atoms with Crippen LogP contribution in [0.1, 0.15) is 27.2 Å². The Bertz CT molecular complexity index is 690. The first kappa shape index (κ1) is 17.9. The first-order valence-corrected chi connectivity index (χ1v) is 7.84. The van der Waals surface area contributed by atoms with Gasteiger partial charge in [-0.25, -0.2) is 14.6 Å². The molecule has 0 aliphatic rings. The van der Waals surface area contributed by atoms with Crippen molar-refractivity contribution in [2.24, 2.45) is 0 Å². The monoisotopic (exact) mass is 352 g/mol. The molecule has 0 saturated carbocycles. The van der Waals surface area contributed by atoms with Gasteiger partial charge in [0.25, 0.3) is 0 Å². The summed E-state index contributed by atoms with van der Waals surface area (Å²) in [7, 11) is 0. The lowest BCUT2D eigenvalue weighted by Crippen LogP contribution is -2.35. The predicted octanol–water partition coefficient (Wildman–Crippen LogP) is 1.16. The van der Waals surface area contributed by atoms with Crippen LogP contribution in [-0.4, -0.2) is 45.0 Å². The lowest BCUT2D eigenvalue weighted by atomic mass is 10.1. The van der Waals surface area contributed by atoms with Crippen molar-refractivity contribution in [3.63, 3.8) is 0 Å². The molecule has 0 spiro atoms. The molecule has 0 aliphatic heterocycles. The number of nitrogens with zero attached hydrogens (tertiary/aromatic N) is 1. The highest BCUT2D eigenvalue weighted by Gasteiger charge is 2.23. The van der Waals surface area contributed by atoms with Gasteiger partial charge in [0.2, 0.25) is 5.01 Å². The summed E-state index contributed by atoms with van der Waals surface area (Å²) >= 11 is 0.840. The molecule has 0 fully saturated rings. The number of rotatable bonds is 7. The molecule has 0 saturated heterocycles. The van der Waals surface area contributed by atoms with Crippen molar-refractivity contribution in [2.45, 2.75) is 18.8 Å². The van der Waals surface area contributed by atoms with Crippen molar-refractivity contribution in [1.82, 2.24) is 10.3 Å². The minimum absolute atomic E-state index is 0.0318. The van der Waals surface area contributed by atoms with Gasteiger partial charge in [-0.2, -0.15) is 0 Å². The van der Waals surface area contributed by atoms with E-state index in [9.17, 15) is 19.8 Å². The molecule has 2 unspecified atom stereocenters. The molecule has 9 heteroatoms. The third-order valence-corrected chi connectivity index (χ3v) is 3.89. The Hall–Kier alpha value is -2.49. The van der Waals surface area contributed by atoms with E-state index in [1.807, 2.05) is 18.2 Å². The molecule has 2 rings (SSSR count). The number of aliphatic hydroxyl groups is 2. The van der Waals surface area contributed by atoms with Gasteiger partial charge in [-0.1, -0.05) is 30.3 Å². The normalized spacial score (nSPS) is 13.1. The summed E-state index contributed by atoms with van der Waals surface area (Å²) < 4.78 is 4.97. The molecular weight excluding hydrogens is 336 g/mol. The van der Waals surface area contributed by atoms with Crippen molar-refractivity contribution >= 4 is 23.4 Å². The molecular formula is C15H16N2O6S. The highest BCUT2D eigenvalue weighted by Crippen LogP contribution is 2.19. The van der Waals surface area contributed by atoms with Gasteiger partial charge in [-0.05, 0) is 5.56 Å². The maximum Gasteiger partial charge on any atom is 0.407 e. The van der Waals surface area contributed by atoms with E-state index in [1.165, 1.54) is 5.38 Å². The van der Waals surface area contributed by atoms with E-state index in [-0.39, 0.29) is 23.9 Å². The highest BCUT2D eigenvalue weighted by molar-refractivity contribution is 7.11. The van der Waals surface area contributed by atoms with Crippen LogP contribution in [-0.2, 0) is 11.3 Å². The van der Waals surface area contributed by atoms with Crippen LogP contribution in [0, 0.1) is 0 Å². The van der Waals surface area contributed by atoms with Crippen LogP contribution < -0.4 is 5.32 Å². The molecule has 2 atom stereocenters. The van der Waals surface area contributed by atoms with Gasteiger partial charge in [0, 0.05) is 11.9 Å². The van der Waals surface area contributed by atoms with Crippen molar-refractivity contribution in [2.75, 3.05) is 6.54 Å². The molecule has 128 valence electrons. The summed E-state index contributed by atoms with van der Waals surface area (Å²) in [4.78, 5) is 26.0. The minimum Gasteiger partial charge on any atom is -0.476 e. The van der Waals surface area contributed by atoms with E-state index in [4.69, 9.17) is 9.84 Å². The predicted molar refractivity (Wildman–Crippen MR) is 84.7 cm³/mol. The number of carboxylic acids is 1. The highest BCUT2D eigenvalue weighted by atomic mass is 32.1. The fraction of sp³-hybridized carbons (Fsp3) is 0.267. The van der Waals surface area contributed by atoms with Crippen LogP contribution in [0.5, 0.6) is 0 Å². The van der Waals surface area contributed by atoms with E-state index in [0.717, 1.165) is 16.9 Å². The van der Waals surface area contributed by atoms with Gasteiger partial charge in [0.15, 0.2) is 0 Å². The Balaban J connectivity index is 1.77. The fourth-order valence-corrected chi connectivity index (χ4v) is 2.47. The number of carbonyl (C=O) groups is 2. The maximum absolute atomic E-state index is 11.6. The summed E-state index contributed by atoms with van der Waals surface area (Å²) in [5.74, 6) is -1.21. The number of thiazole rings is 1. The lowest BCUT2D eigenvalue weighted by Gasteiger charge is -2.16. The Morgan fingerprint density at radius 1 is 1.25 bits per heavy atom. The molecule has 0 aliphatic carbocycles. The zero-order valence-corrected chi connectivity index (χ0v) is 13.3. The molecule has 1 amide bonds. The third-order valence-electron chi connectivity index (χ3n) is 3.04. The van der Waals surface area contributed by atoms with E-state index in [2.05, 4.69) is 10.3 Å². The van der Waals surface area contributed by atoms with Gasteiger partial charge < -0.3 is 25.4 Å². The van der Waals surface area contributed by atoms with Gasteiger partial charge in [-0.3, -0.25) is 0 Å². The third kappa shape index (κ3) is 5.01. The van der Waals surface area contributed by atoms with Crippen LogP contribution in [0.15, 0.2) is 35.7 Å². The minimum atomic E-state index is -1.41. The van der Waals surface area contributed by atoms with E-state index >= 15 is 0 Å². The average Bonchev–Trinajstić information content (AvgIpc) is 3.08. The molecule has 1 heterocycles. The molecule has 0 bridgehead atoms. The summed E-state index contributed by atoms with van der Waals surface area (Å²) in [6.07, 6.45) is -3.50. The summed E-state index contributed by atoms with van der Waals surface area (Å²) in [5, 5.41) is 32.0. The van der Waals surface area contributed by atoms with E-state index in [1.54, 1.807) is 12.1 Å². The van der Waals surface area contributed by atoms with E-state index < -0.39 is 24.3 Å². The first-order chi connectivity index (χ1) is 11.5. The topological polar surface area (TPSA) is 129 Å². The molecule has 2 aromatic rings. The van der Waals surface area contributed by atoms with Crippen molar-refractivity contribution in [1.29, 1.82) is 0 Å². The molecule has 1 aromatic heterocycles. The van der Waals surface area contributed by atoms with Crippen molar-refractivity contribution < 1.29 is 29.6 Å². The number of aromatic nitrogens is 1. The van der Waals surface area contributed by atoms with Crippen molar-refractivity contribution in [3.8, 4) is 0 Å². The number of carbonyl (C=O) groups excluding carboxylic acids is 1. The zero-order valence-electron chi connectivity index (χ0n) is 12.5. The Kier molecular flexibility index (Phi) is 6.24. The number of hydrogen-bond acceptors (Lipinski definition) is 7. The van der Waals surface area contributed by atoms with Crippen LogP contribution in [0.4, 0.5) is 4.79 Å². The zero-order chi connectivity index (χ0) is 17.5. The number of amides is 1. The molecule has 4 N–H and O–H groups in total. The number of aliphatic hydroxyl groups excluding tert-OH is 2. The number of hydrogen-bond donors (Lipinski definition) is 4. The summed E-state index contributed by atoms with van der Waals surface area (Å²) in [6.45, 7) is -0.186. The number of carboxylic acid groups (broad SMARTS) is 1. The van der Waals surface area contributed by atoms with Crippen LogP contribution in [0.3, 0.4) is 0 Å². The molecule has 1 aromatic carbocycles. The van der Waals surface area contributed by atoms with Crippen molar-refractivity contribution in [3.05, 3.63) is 52.0 Å². The Morgan fingerprint density at radius 3 is 2.58 bits per heavy atom. The quantitative estimate of drug-likeness (QED) is 0.588.